The summed E-state index contributed by atoms with van der Waals surface area (Å²) in [6.45, 7) is -1.80. The summed E-state index contributed by atoms with van der Waals surface area (Å²) in [4.78, 5) is 12.8. The van der Waals surface area contributed by atoms with Gasteiger partial charge in [0.05, 0.1) is 41.5 Å². The molecular formula is C29H32F4N4O5S. The summed E-state index contributed by atoms with van der Waals surface area (Å²) in [6, 6.07) is 9.44. The standard InChI is InChI=1S/C29H32F4N4O5S/c1-34-18-9-11-24(22(30)14-18)35-23-7-4-8-25-21(23)15-19(37(25)17-29(31,32)33)6-5-13-36(28(38)39)26-12-10-20(43(3,40)41)16-27(26)42-2/h4,7-8,10,12,15-16,18,22,24,34-35H,9,11,13-14,17H2,1-3H3,(H,38,39). The molecule has 3 N–H and O–H groups in total. The van der Waals surface area contributed by atoms with Crippen LogP contribution in [0.15, 0.2) is 47.4 Å². The number of sulfone groups is 1. The molecule has 1 aromatic heterocycles. The van der Waals surface area contributed by atoms with Crippen LogP contribution in [0.3, 0.4) is 0 Å². The third-order valence-electron chi connectivity index (χ3n) is 7.36. The smallest absolute Gasteiger partial charge is 0.412 e. The second-order valence-electron chi connectivity index (χ2n) is 10.3. The van der Waals surface area contributed by atoms with E-state index < -0.39 is 47.4 Å². The van der Waals surface area contributed by atoms with Crippen molar-refractivity contribution in [3.8, 4) is 17.6 Å². The van der Waals surface area contributed by atoms with Gasteiger partial charge in [-0.15, -0.1) is 0 Å². The minimum Gasteiger partial charge on any atom is -0.495 e. The Labute approximate surface area is 246 Å². The van der Waals surface area contributed by atoms with E-state index in [1.54, 1.807) is 19.2 Å². The molecule has 1 amide bonds. The van der Waals surface area contributed by atoms with Crippen LogP contribution in [0.2, 0.25) is 0 Å². The zero-order chi connectivity index (χ0) is 31.5. The fraction of sp³-hybridized carbons (Fsp3) is 0.414. The lowest BCUT2D eigenvalue weighted by Gasteiger charge is -2.32. The van der Waals surface area contributed by atoms with Crippen molar-refractivity contribution in [2.24, 2.45) is 0 Å². The molecule has 0 saturated heterocycles. The first-order valence-corrected chi connectivity index (χ1v) is 15.2. The van der Waals surface area contributed by atoms with Crippen LogP contribution in [0.1, 0.15) is 25.0 Å². The number of ether oxygens (including phenoxy) is 1. The van der Waals surface area contributed by atoms with Gasteiger partial charge in [-0.3, -0.25) is 4.90 Å². The predicted molar refractivity (Wildman–Crippen MR) is 155 cm³/mol. The number of alkyl halides is 4. The van der Waals surface area contributed by atoms with Gasteiger partial charge in [0, 0.05) is 29.4 Å². The summed E-state index contributed by atoms with van der Waals surface area (Å²) in [6.07, 6.45) is -4.57. The van der Waals surface area contributed by atoms with Gasteiger partial charge in [0.15, 0.2) is 9.84 Å². The minimum absolute atomic E-state index is 0.00722. The van der Waals surface area contributed by atoms with Gasteiger partial charge in [0.2, 0.25) is 0 Å². The number of methoxy groups -OCH3 is 1. The van der Waals surface area contributed by atoms with Crippen molar-refractivity contribution in [3.05, 3.63) is 48.2 Å². The molecule has 43 heavy (non-hydrogen) atoms. The Bertz CT molecular complexity index is 1660. The minimum atomic E-state index is -4.58. The number of hydrogen-bond donors (Lipinski definition) is 3. The topological polar surface area (TPSA) is 113 Å². The Kier molecular flexibility index (Phi) is 9.46. The van der Waals surface area contributed by atoms with E-state index in [9.17, 15) is 35.9 Å². The van der Waals surface area contributed by atoms with Crippen LogP contribution in [0.4, 0.5) is 33.7 Å². The number of nitrogens with one attached hydrogen (secondary N) is 2. The maximum Gasteiger partial charge on any atom is 0.412 e. The van der Waals surface area contributed by atoms with Crippen LogP contribution < -0.4 is 20.3 Å². The molecule has 1 fully saturated rings. The van der Waals surface area contributed by atoms with Crippen molar-refractivity contribution in [2.75, 3.05) is 37.2 Å². The quantitative estimate of drug-likeness (QED) is 0.238. The number of carboxylic acid groups (broad SMARTS) is 1. The number of fused-ring (bicyclic) bond motifs is 1. The third kappa shape index (κ3) is 7.52. The molecule has 1 aliphatic carbocycles. The number of halogens is 4. The first kappa shape index (κ1) is 32.0. The average molecular weight is 625 g/mol. The molecule has 4 rings (SSSR count). The summed E-state index contributed by atoms with van der Waals surface area (Å²) < 4.78 is 85.8. The van der Waals surface area contributed by atoms with Gasteiger partial charge in [0.1, 0.15) is 18.5 Å². The molecule has 0 spiro atoms. The van der Waals surface area contributed by atoms with E-state index in [0.29, 0.717) is 23.9 Å². The van der Waals surface area contributed by atoms with Crippen LogP contribution in [0, 0.1) is 11.8 Å². The molecule has 232 valence electrons. The fourth-order valence-corrected chi connectivity index (χ4v) is 5.82. The lowest BCUT2D eigenvalue weighted by atomic mass is 9.89. The number of benzene rings is 2. The largest absolute Gasteiger partial charge is 0.495 e. The molecular weight excluding hydrogens is 592 g/mol. The Morgan fingerprint density at radius 2 is 1.95 bits per heavy atom. The Morgan fingerprint density at radius 1 is 1.21 bits per heavy atom. The third-order valence-corrected chi connectivity index (χ3v) is 8.47. The van der Waals surface area contributed by atoms with Gasteiger partial charge in [-0.2, -0.15) is 13.2 Å². The highest BCUT2D eigenvalue weighted by molar-refractivity contribution is 7.90. The number of nitrogens with zero attached hydrogens (tertiary/aromatic N) is 2. The normalized spacial score (nSPS) is 19.0. The molecule has 3 atom stereocenters. The molecule has 1 saturated carbocycles. The molecule has 1 heterocycles. The molecule has 0 aliphatic heterocycles. The van der Waals surface area contributed by atoms with E-state index in [0.717, 1.165) is 22.1 Å². The predicted octanol–water partition coefficient (Wildman–Crippen LogP) is 5.04. The Hall–Kier alpha value is -3.96. The van der Waals surface area contributed by atoms with Crippen molar-refractivity contribution in [2.45, 2.75) is 55.1 Å². The van der Waals surface area contributed by atoms with Crippen LogP contribution in [-0.2, 0) is 16.4 Å². The van der Waals surface area contributed by atoms with Gasteiger partial charge in [0.25, 0.3) is 0 Å². The Morgan fingerprint density at radius 3 is 2.56 bits per heavy atom. The lowest BCUT2D eigenvalue weighted by molar-refractivity contribution is -0.140. The number of rotatable bonds is 8. The molecule has 14 heteroatoms. The SMILES string of the molecule is CNC1CCC(Nc2cccc3c2cc(C#CCN(C(=O)O)c2ccc(S(C)(=O)=O)cc2OC)n3CC(F)(F)F)C(F)C1. The molecule has 1 aliphatic rings. The van der Waals surface area contributed by atoms with E-state index in [2.05, 4.69) is 22.5 Å². The average Bonchev–Trinajstić information content (AvgIpc) is 3.27. The highest BCUT2D eigenvalue weighted by Crippen LogP contribution is 2.34. The summed E-state index contributed by atoms with van der Waals surface area (Å²) in [5.41, 5.74) is 0.703. The van der Waals surface area contributed by atoms with E-state index in [4.69, 9.17) is 4.74 Å². The zero-order valence-electron chi connectivity index (χ0n) is 23.7. The monoisotopic (exact) mass is 624 g/mol. The Balaban J connectivity index is 1.69. The second kappa shape index (κ2) is 12.7. The maximum absolute atomic E-state index is 14.9. The van der Waals surface area contributed by atoms with Crippen LogP contribution in [0.25, 0.3) is 10.9 Å². The number of aromatic nitrogens is 1. The molecule has 2 aromatic carbocycles. The van der Waals surface area contributed by atoms with E-state index >= 15 is 0 Å². The van der Waals surface area contributed by atoms with Gasteiger partial charge in [-0.25, -0.2) is 17.6 Å². The van der Waals surface area contributed by atoms with Crippen molar-refractivity contribution < 1.29 is 40.6 Å². The van der Waals surface area contributed by atoms with Crippen LogP contribution in [0.5, 0.6) is 5.75 Å². The molecule has 0 bridgehead atoms. The van der Waals surface area contributed by atoms with Gasteiger partial charge >= 0.3 is 12.3 Å². The molecule has 3 unspecified atom stereocenters. The number of carbonyl (C=O) groups is 1. The molecule has 9 nitrogen and oxygen atoms in total. The highest BCUT2D eigenvalue weighted by Gasteiger charge is 2.32. The maximum atomic E-state index is 14.9. The first-order chi connectivity index (χ1) is 20.2. The van der Waals surface area contributed by atoms with E-state index in [-0.39, 0.29) is 33.6 Å². The van der Waals surface area contributed by atoms with Gasteiger partial charge in [-0.1, -0.05) is 12.0 Å². The number of hydrogen-bond acceptors (Lipinski definition) is 6. The van der Waals surface area contributed by atoms with Gasteiger partial charge < -0.3 is 25.0 Å². The number of anilines is 2. The molecule has 3 aromatic rings. The fourth-order valence-electron chi connectivity index (χ4n) is 5.18. The first-order valence-electron chi connectivity index (χ1n) is 13.4. The molecule has 0 radical (unpaired) electrons. The lowest BCUT2D eigenvalue weighted by Crippen LogP contribution is -2.42. The van der Waals surface area contributed by atoms with E-state index in [1.165, 1.54) is 37.4 Å². The summed E-state index contributed by atoms with van der Waals surface area (Å²) in [5.74, 6) is 5.26. The van der Waals surface area contributed by atoms with Crippen molar-refractivity contribution in [1.29, 1.82) is 0 Å². The van der Waals surface area contributed by atoms with Crippen LogP contribution in [-0.4, -0.2) is 75.6 Å². The second-order valence-corrected chi connectivity index (χ2v) is 12.3. The summed E-state index contributed by atoms with van der Waals surface area (Å²) in [5, 5.41) is 16.5. The van der Waals surface area contributed by atoms with Crippen molar-refractivity contribution in [1.82, 2.24) is 9.88 Å². The van der Waals surface area contributed by atoms with Crippen LogP contribution >= 0.6 is 0 Å². The van der Waals surface area contributed by atoms with Crippen molar-refractivity contribution >= 4 is 38.2 Å². The zero-order valence-corrected chi connectivity index (χ0v) is 24.5. The van der Waals surface area contributed by atoms with Crippen molar-refractivity contribution in [3.63, 3.8) is 0 Å². The highest BCUT2D eigenvalue weighted by atomic mass is 32.2. The summed E-state index contributed by atoms with van der Waals surface area (Å²) in [7, 11) is -0.579. The van der Waals surface area contributed by atoms with E-state index in [1.807, 2.05) is 0 Å². The summed E-state index contributed by atoms with van der Waals surface area (Å²) >= 11 is 0. The van der Waals surface area contributed by atoms with Gasteiger partial charge in [-0.05, 0) is 62.6 Å². The number of amides is 1.